The summed E-state index contributed by atoms with van der Waals surface area (Å²) in [5.74, 6) is 4.15. The molecule has 0 aliphatic carbocycles. The molecule has 0 aromatic rings. The maximum absolute atomic E-state index is 12.3. The summed E-state index contributed by atoms with van der Waals surface area (Å²) in [6.07, 6.45) is 1.08. The van der Waals surface area contributed by atoms with E-state index in [1.54, 1.807) is 0 Å². The predicted octanol–water partition coefficient (Wildman–Crippen LogP) is 1.03. The highest BCUT2D eigenvalue weighted by Crippen LogP contribution is 2.29. The fraction of sp³-hybridized carbons (Fsp3) is 0.909. The standard InChI is InChI=1S/C11H20N2OS2/c1-8-4-9(5-12)6-13(8)11(14)10-7-15-2-3-16-10/h8-10H,2-7,12H2,1H3. The first-order chi connectivity index (χ1) is 7.72. The Hall–Kier alpha value is 0.130. The summed E-state index contributed by atoms with van der Waals surface area (Å²) in [6.45, 7) is 3.73. The van der Waals surface area contributed by atoms with Crippen LogP contribution in [0.4, 0.5) is 0 Å². The Bertz CT molecular complexity index is 256. The summed E-state index contributed by atoms with van der Waals surface area (Å²) in [5.41, 5.74) is 5.69. The van der Waals surface area contributed by atoms with Crippen molar-refractivity contribution in [3.63, 3.8) is 0 Å². The van der Waals surface area contributed by atoms with Gasteiger partial charge >= 0.3 is 0 Å². The molecule has 92 valence electrons. The molecule has 0 radical (unpaired) electrons. The second kappa shape index (κ2) is 5.65. The number of nitrogens with two attached hydrogens (primary N) is 1. The van der Waals surface area contributed by atoms with Gasteiger partial charge in [-0.3, -0.25) is 4.79 Å². The third kappa shape index (κ3) is 2.68. The van der Waals surface area contributed by atoms with Gasteiger partial charge in [0, 0.05) is 29.8 Å². The number of hydrogen-bond acceptors (Lipinski definition) is 4. The number of hydrogen-bond donors (Lipinski definition) is 1. The quantitative estimate of drug-likeness (QED) is 0.805. The van der Waals surface area contributed by atoms with Crippen molar-refractivity contribution >= 4 is 29.4 Å². The van der Waals surface area contributed by atoms with Crippen molar-refractivity contribution in [2.75, 3.05) is 30.3 Å². The van der Waals surface area contributed by atoms with E-state index in [0.29, 0.717) is 24.4 Å². The van der Waals surface area contributed by atoms with Crippen LogP contribution in [0.15, 0.2) is 0 Å². The summed E-state index contributed by atoms with van der Waals surface area (Å²) in [4.78, 5) is 14.4. The van der Waals surface area contributed by atoms with Crippen LogP contribution in [-0.4, -0.2) is 52.4 Å². The first-order valence-corrected chi connectivity index (χ1v) is 8.12. The Morgan fingerprint density at radius 2 is 2.31 bits per heavy atom. The first-order valence-electron chi connectivity index (χ1n) is 5.92. The van der Waals surface area contributed by atoms with Crippen molar-refractivity contribution in [2.45, 2.75) is 24.6 Å². The number of carbonyl (C=O) groups is 1. The maximum Gasteiger partial charge on any atom is 0.236 e. The molecule has 2 aliphatic heterocycles. The van der Waals surface area contributed by atoms with Crippen LogP contribution < -0.4 is 5.73 Å². The van der Waals surface area contributed by atoms with Crippen LogP contribution in [0.2, 0.25) is 0 Å². The molecule has 16 heavy (non-hydrogen) atoms. The Kier molecular flexibility index (Phi) is 4.44. The van der Waals surface area contributed by atoms with Gasteiger partial charge in [-0.1, -0.05) is 0 Å². The van der Waals surface area contributed by atoms with Crippen LogP contribution >= 0.6 is 23.5 Å². The lowest BCUT2D eigenvalue weighted by Gasteiger charge is -2.28. The molecule has 5 heteroatoms. The maximum atomic E-state index is 12.3. The highest BCUT2D eigenvalue weighted by molar-refractivity contribution is 8.07. The summed E-state index contributed by atoms with van der Waals surface area (Å²) in [5, 5.41) is 0.192. The van der Waals surface area contributed by atoms with Crippen molar-refractivity contribution < 1.29 is 4.79 Å². The van der Waals surface area contributed by atoms with E-state index in [2.05, 4.69) is 11.8 Å². The lowest BCUT2D eigenvalue weighted by molar-refractivity contribution is -0.130. The Morgan fingerprint density at radius 1 is 1.50 bits per heavy atom. The zero-order valence-electron chi connectivity index (χ0n) is 9.72. The van der Waals surface area contributed by atoms with Gasteiger partial charge in [0.05, 0.1) is 5.25 Å². The van der Waals surface area contributed by atoms with E-state index in [9.17, 15) is 4.79 Å². The SMILES string of the molecule is CC1CC(CN)CN1C(=O)C1CSCCS1. The van der Waals surface area contributed by atoms with E-state index < -0.39 is 0 Å². The fourth-order valence-corrected chi connectivity index (χ4v) is 5.05. The molecule has 0 aromatic heterocycles. The lowest BCUT2D eigenvalue weighted by atomic mass is 10.1. The molecule has 0 aromatic carbocycles. The summed E-state index contributed by atoms with van der Waals surface area (Å²) in [6, 6.07) is 0.383. The molecular weight excluding hydrogens is 240 g/mol. The van der Waals surface area contributed by atoms with Crippen LogP contribution in [-0.2, 0) is 4.79 Å². The van der Waals surface area contributed by atoms with Gasteiger partial charge in [-0.2, -0.15) is 11.8 Å². The minimum absolute atomic E-state index is 0.192. The normalized spacial score (nSPS) is 35.4. The minimum Gasteiger partial charge on any atom is -0.339 e. The molecule has 2 fully saturated rings. The average Bonchev–Trinajstić information content (AvgIpc) is 2.71. The summed E-state index contributed by atoms with van der Waals surface area (Å²) >= 11 is 3.73. The van der Waals surface area contributed by atoms with Crippen LogP contribution in [0, 0.1) is 5.92 Å². The van der Waals surface area contributed by atoms with Gasteiger partial charge in [-0.15, -0.1) is 11.8 Å². The predicted molar refractivity (Wildman–Crippen MR) is 71.9 cm³/mol. The molecule has 2 N–H and O–H groups in total. The number of rotatable bonds is 2. The van der Waals surface area contributed by atoms with Crippen molar-refractivity contribution in [2.24, 2.45) is 11.7 Å². The Morgan fingerprint density at radius 3 is 2.88 bits per heavy atom. The number of thioether (sulfide) groups is 2. The van der Waals surface area contributed by atoms with Gasteiger partial charge in [-0.25, -0.2) is 0 Å². The zero-order chi connectivity index (χ0) is 11.5. The Balaban J connectivity index is 1.93. The monoisotopic (exact) mass is 260 g/mol. The molecule has 2 rings (SSSR count). The average molecular weight is 260 g/mol. The van der Waals surface area contributed by atoms with E-state index in [0.717, 1.165) is 24.5 Å². The topological polar surface area (TPSA) is 46.3 Å². The van der Waals surface area contributed by atoms with Crippen molar-refractivity contribution in [1.29, 1.82) is 0 Å². The second-order valence-corrected chi connectivity index (χ2v) is 7.07. The molecule has 1 amide bonds. The molecule has 0 spiro atoms. The van der Waals surface area contributed by atoms with Gasteiger partial charge in [0.25, 0.3) is 0 Å². The molecular formula is C11H20N2OS2. The van der Waals surface area contributed by atoms with Gasteiger partial charge in [0.1, 0.15) is 0 Å². The lowest BCUT2D eigenvalue weighted by Crippen LogP contribution is -2.42. The van der Waals surface area contributed by atoms with Crippen molar-refractivity contribution in [3.8, 4) is 0 Å². The van der Waals surface area contributed by atoms with Crippen LogP contribution in [0.5, 0.6) is 0 Å². The molecule has 2 heterocycles. The van der Waals surface area contributed by atoms with Crippen molar-refractivity contribution in [1.82, 2.24) is 4.90 Å². The molecule has 2 saturated heterocycles. The van der Waals surface area contributed by atoms with Gasteiger partial charge in [0.2, 0.25) is 5.91 Å². The summed E-state index contributed by atoms with van der Waals surface area (Å²) < 4.78 is 0. The number of likely N-dealkylation sites (tertiary alicyclic amines) is 1. The van der Waals surface area contributed by atoms with Gasteiger partial charge < -0.3 is 10.6 Å². The molecule has 3 unspecified atom stereocenters. The highest BCUT2D eigenvalue weighted by Gasteiger charge is 2.35. The zero-order valence-corrected chi connectivity index (χ0v) is 11.4. The fourth-order valence-electron chi connectivity index (χ4n) is 2.44. The third-order valence-electron chi connectivity index (χ3n) is 3.37. The van der Waals surface area contributed by atoms with Crippen LogP contribution in [0.25, 0.3) is 0 Å². The van der Waals surface area contributed by atoms with Gasteiger partial charge in [-0.05, 0) is 25.8 Å². The minimum atomic E-state index is 0.192. The van der Waals surface area contributed by atoms with E-state index in [4.69, 9.17) is 5.73 Å². The van der Waals surface area contributed by atoms with E-state index in [-0.39, 0.29) is 5.25 Å². The number of carbonyl (C=O) groups excluding carboxylic acids is 1. The molecule has 0 saturated carbocycles. The Labute approximate surface area is 106 Å². The number of nitrogens with zero attached hydrogens (tertiary/aromatic N) is 1. The first kappa shape index (κ1) is 12.6. The van der Waals surface area contributed by atoms with Crippen LogP contribution in [0.3, 0.4) is 0 Å². The van der Waals surface area contributed by atoms with Crippen molar-refractivity contribution in [3.05, 3.63) is 0 Å². The number of amides is 1. The summed E-state index contributed by atoms with van der Waals surface area (Å²) in [7, 11) is 0. The van der Waals surface area contributed by atoms with Crippen LogP contribution in [0.1, 0.15) is 13.3 Å². The third-order valence-corrected chi connectivity index (χ3v) is 6.11. The highest BCUT2D eigenvalue weighted by atomic mass is 32.2. The molecule has 3 nitrogen and oxygen atoms in total. The molecule has 3 atom stereocenters. The largest absolute Gasteiger partial charge is 0.339 e. The molecule has 2 aliphatic rings. The van der Waals surface area contributed by atoms with Gasteiger partial charge in [0.15, 0.2) is 0 Å². The van der Waals surface area contributed by atoms with E-state index in [1.165, 1.54) is 5.75 Å². The second-order valence-electron chi connectivity index (χ2n) is 4.61. The smallest absolute Gasteiger partial charge is 0.236 e. The van der Waals surface area contributed by atoms with E-state index in [1.807, 2.05) is 23.5 Å². The van der Waals surface area contributed by atoms with E-state index >= 15 is 0 Å². The molecule has 0 bridgehead atoms.